The van der Waals surface area contributed by atoms with Crippen LogP contribution < -0.4 is 4.72 Å². The summed E-state index contributed by atoms with van der Waals surface area (Å²) in [6.07, 6.45) is 0. The lowest BCUT2D eigenvalue weighted by atomic mass is 10.8. The lowest BCUT2D eigenvalue weighted by Gasteiger charge is -2.04. The van der Waals surface area contributed by atoms with E-state index in [2.05, 4.69) is 4.72 Å². The SMILES string of the molecule is CCS(=O)(=O)NC(C)I. The smallest absolute Gasteiger partial charge is 0.212 e. The molecule has 9 heavy (non-hydrogen) atoms. The van der Waals surface area contributed by atoms with Gasteiger partial charge in [-0.15, -0.1) is 0 Å². The monoisotopic (exact) mass is 263 g/mol. The van der Waals surface area contributed by atoms with Crippen LogP contribution in [0.5, 0.6) is 0 Å². The van der Waals surface area contributed by atoms with Gasteiger partial charge in [0.15, 0.2) is 0 Å². The molecule has 0 aliphatic heterocycles. The maximum atomic E-state index is 10.7. The summed E-state index contributed by atoms with van der Waals surface area (Å²) in [6.45, 7) is 3.40. The molecule has 0 radical (unpaired) electrons. The van der Waals surface area contributed by atoms with Crippen LogP contribution in [0.3, 0.4) is 0 Å². The number of hydrogen-bond donors (Lipinski definition) is 1. The Bertz CT molecular complexity index is 163. The predicted molar refractivity (Wildman–Crippen MR) is 46.1 cm³/mol. The van der Waals surface area contributed by atoms with E-state index in [1.807, 2.05) is 22.6 Å². The summed E-state index contributed by atoms with van der Waals surface area (Å²) in [5, 5.41) is 0. The molecule has 0 aromatic rings. The molecule has 0 fully saturated rings. The molecule has 0 bridgehead atoms. The second-order valence-corrected chi connectivity index (χ2v) is 5.55. The number of sulfonamides is 1. The van der Waals surface area contributed by atoms with Crippen molar-refractivity contribution in [2.24, 2.45) is 0 Å². The highest BCUT2D eigenvalue weighted by Crippen LogP contribution is 1.95. The van der Waals surface area contributed by atoms with Gasteiger partial charge in [0.25, 0.3) is 0 Å². The molecule has 0 rings (SSSR count). The molecule has 0 saturated heterocycles. The molecule has 1 atom stereocenters. The van der Waals surface area contributed by atoms with Gasteiger partial charge < -0.3 is 0 Å². The zero-order valence-electron chi connectivity index (χ0n) is 5.39. The second kappa shape index (κ2) is 3.72. The molecule has 0 heterocycles. The van der Waals surface area contributed by atoms with Crippen LogP contribution in [-0.2, 0) is 10.0 Å². The normalized spacial score (nSPS) is 15.4. The number of hydrogen-bond acceptors (Lipinski definition) is 2. The van der Waals surface area contributed by atoms with Crippen LogP contribution in [0.2, 0.25) is 0 Å². The zero-order valence-corrected chi connectivity index (χ0v) is 8.36. The average Bonchev–Trinajstić information content (AvgIpc) is 1.63. The van der Waals surface area contributed by atoms with E-state index in [-0.39, 0.29) is 9.80 Å². The van der Waals surface area contributed by atoms with Crippen molar-refractivity contribution in [2.45, 2.75) is 17.9 Å². The third kappa shape index (κ3) is 5.10. The van der Waals surface area contributed by atoms with Crippen LogP contribution in [0.25, 0.3) is 0 Å². The quantitative estimate of drug-likeness (QED) is 0.463. The Balaban J connectivity index is 3.90. The van der Waals surface area contributed by atoms with Crippen molar-refractivity contribution in [3.8, 4) is 0 Å². The highest BCUT2D eigenvalue weighted by Gasteiger charge is 2.07. The van der Waals surface area contributed by atoms with Crippen molar-refractivity contribution >= 4 is 32.6 Å². The molecule has 5 heteroatoms. The fraction of sp³-hybridized carbons (Fsp3) is 1.00. The molecule has 1 N–H and O–H groups in total. The Morgan fingerprint density at radius 2 is 2.11 bits per heavy atom. The van der Waals surface area contributed by atoms with Gasteiger partial charge >= 0.3 is 0 Å². The first-order valence-electron chi connectivity index (χ1n) is 2.62. The Morgan fingerprint density at radius 3 is 2.22 bits per heavy atom. The van der Waals surface area contributed by atoms with Crippen LogP contribution in [0.4, 0.5) is 0 Å². The van der Waals surface area contributed by atoms with E-state index in [9.17, 15) is 8.42 Å². The predicted octanol–water partition coefficient (Wildman–Crippen LogP) is 0.707. The molecule has 1 unspecified atom stereocenters. The van der Waals surface area contributed by atoms with E-state index in [0.29, 0.717) is 0 Å². The van der Waals surface area contributed by atoms with Gasteiger partial charge in [0.05, 0.1) is 9.80 Å². The van der Waals surface area contributed by atoms with Gasteiger partial charge in [-0.3, -0.25) is 0 Å². The standard InChI is InChI=1S/C4H10INO2S/c1-3-9(7,8)6-4(2)5/h4,6H,3H2,1-2H3. The van der Waals surface area contributed by atoms with E-state index in [0.717, 1.165) is 0 Å². The Morgan fingerprint density at radius 1 is 1.67 bits per heavy atom. The molecular weight excluding hydrogens is 253 g/mol. The van der Waals surface area contributed by atoms with Crippen LogP contribution in [0.15, 0.2) is 0 Å². The molecule has 0 saturated carbocycles. The summed E-state index contributed by atoms with van der Waals surface area (Å²) >= 11 is 2.00. The summed E-state index contributed by atoms with van der Waals surface area (Å²) in [7, 11) is -2.98. The maximum Gasteiger partial charge on any atom is 0.212 e. The molecule has 0 spiro atoms. The van der Waals surface area contributed by atoms with E-state index in [4.69, 9.17) is 0 Å². The average molecular weight is 263 g/mol. The van der Waals surface area contributed by atoms with Crippen molar-refractivity contribution in [3.05, 3.63) is 0 Å². The van der Waals surface area contributed by atoms with Gasteiger partial charge in [-0.25, -0.2) is 13.1 Å². The highest BCUT2D eigenvalue weighted by molar-refractivity contribution is 14.1. The van der Waals surface area contributed by atoms with Gasteiger partial charge in [-0.2, -0.15) is 0 Å². The number of rotatable bonds is 3. The Kier molecular flexibility index (Phi) is 3.99. The first-order chi connectivity index (χ1) is 3.98. The molecule has 0 aliphatic rings. The Hall–Kier alpha value is 0.640. The maximum absolute atomic E-state index is 10.7. The molecule has 0 amide bonds. The molecule has 0 aliphatic carbocycles. The van der Waals surface area contributed by atoms with Crippen LogP contribution >= 0.6 is 22.6 Å². The van der Waals surface area contributed by atoms with Crippen molar-refractivity contribution in [2.75, 3.05) is 5.75 Å². The highest BCUT2D eigenvalue weighted by atomic mass is 127. The number of alkyl halides is 1. The summed E-state index contributed by atoms with van der Waals surface area (Å²) in [6, 6.07) is 0. The largest absolute Gasteiger partial charge is 0.212 e. The van der Waals surface area contributed by atoms with E-state index in [1.54, 1.807) is 13.8 Å². The molecule has 3 nitrogen and oxygen atoms in total. The van der Waals surface area contributed by atoms with E-state index in [1.165, 1.54) is 0 Å². The lowest BCUT2D eigenvalue weighted by molar-refractivity contribution is 0.584. The van der Waals surface area contributed by atoms with Gasteiger partial charge in [0.1, 0.15) is 0 Å². The van der Waals surface area contributed by atoms with Crippen LogP contribution in [0.1, 0.15) is 13.8 Å². The molecule has 0 aromatic heterocycles. The minimum Gasteiger partial charge on any atom is -0.212 e. The zero-order chi connectivity index (χ0) is 7.49. The number of halogens is 1. The van der Waals surface area contributed by atoms with Crippen molar-refractivity contribution in [3.63, 3.8) is 0 Å². The van der Waals surface area contributed by atoms with Gasteiger partial charge in [0, 0.05) is 0 Å². The van der Waals surface area contributed by atoms with E-state index >= 15 is 0 Å². The van der Waals surface area contributed by atoms with Crippen LogP contribution in [-0.4, -0.2) is 18.2 Å². The fourth-order valence-electron chi connectivity index (χ4n) is 0.331. The number of nitrogens with one attached hydrogen (secondary N) is 1. The van der Waals surface area contributed by atoms with Crippen molar-refractivity contribution in [1.29, 1.82) is 0 Å². The first kappa shape index (κ1) is 9.64. The fourth-order valence-corrected chi connectivity index (χ4v) is 2.15. The molecule has 0 aromatic carbocycles. The first-order valence-corrected chi connectivity index (χ1v) is 5.52. The minimum atomic E-state index is -2.98. The second-order valence-electron chi connectivity index (χ2n) is 1.64. The lowest BCUT2D eigenvalue weighted by Crippen LogP contribution is -2.29. The summed E-state index contributed by atoms with van der Waals surface area (Å²) in [4.78, 5) is 0. The summed E-state index contributed by atoms with van der Waals surface area (Å²) < 4.78 is 23.8. The van der Waals surface area contributed by atoms with Gasteiger partial charge in [-0.1, -0.05) is 22.6 Å². The van der Waals surface area contributed by atoms with Gasteiger partial charge in [0.2, 0.25) is 10.0 Å². The topological polar surface area (TPSA) is 46.2 Å². The van der Waals surface area contributed by atoms with E-state index < -0.39 is 10.0 Å². The van der Waals surface area contributed by atoms with Gasteiger partial charge in [-0.05, 0) is 13.8 Å². The summed E-state index contributed by atoms with van der Waals surface area (Å²) in [5.74, 6) is 0.153. The Labute approximate surface area is 69.4 Å². The van der Waals surface area contributed by atoms with Crippen molar-refractivity contribution < 1.29 is 8.42 Å². The third-order valence-corrected chi connectivity index (χ3v) is 2.93. The molecular formula is C4H10INO2S. The van der Waals surface area contributed by atoms with Crippen LogP contribution in [0, 0.1) is 0 Å². The minimum absolute atomic E-state index is 0.0208. The molecule has 56 valence electrons. The third-order valence-electron chi connectivity index (χ3n) is 0.722. The summed E-state index contributed by atoms with van der Waals surface area (Å²) in [5.41, 5.74) is 0. The van der Waals surface area contributed by atoms with Crippen molar-refractivity contribution in [1.82, 2.24) is 4.72 Å².